The average Bonchev–Trinajstić information content (AvgIpc) is 2.31. The van der Waals surface area contributed by atoms with Gasteiger partial charge >= 0.3 is 6.18 Å². The number of thiocarbonyl (C=S) groups is 1. The molecule has 1 aromatic rings. The summed E-state index contributed by atoms with van der Waals surface area (Å²) < 4.78 is 94.4. The highest BCUT2D eigenvalue weighted by atomic mass is 32.2. The van der Waals surface area contributed by atoms with E-state index in [0.717, 1.165) is 0 Å². The van der Waals surface area contributed by atoms with Crippen molar-refractivity contribution in [2.24, 2.45) is 0 Å². The number of alkyl halides is 3. The lowest BCUT2D eigenvalue weighted by Crippen LogP contribution is -2.16. The van der Waals surface area contributed by atoms with Gasteiger partial charge in [0.05, 0.1) is 11.5 Å². The van der Waals surface area contributed by atoms with Crippen molar-refractivity contribution < 1.29 is 35.5 Å². The molecule has 1 aromatic carbocycles. The minimum atomic E-state index is -5.57. The summed E-state index contributed by atoms with van der Waals surface area (Å²) in [4.78, 5) is -1.33. The molecule has 0 amide bonds. The Balaban J connectivity index is 3.41. The molecule has 112 valence electrons. The molecule has 0 N–H and O–H groups in total. The van der Waals surface area contributed by atoms with Crippen molar-refractivity contribution in [3.8, 4) is 0 Å². The summed E-state index contributed by atoms with van der Waals surface area (Å²) in [5.74, 6) is -9.41. The third-order valence-corrected chi connectivity index (χ3v) is 3.17. The zero-order chi connectivity index (χ0) is 15.7. The molecule has 1 rings (SSSR count). The van der Waals surface area contributed by atoms with Gasteiger partial charge in [-0.25, -0.2) is 17.6 Å². The second-order valence-corrected chi connectivity index (χ2v) is 4.86. The number of rotatable bonds is 2. The molecule has 0 spiro atoms. The molecular weight excluding hydrogens is 333 g/mol. The van der Waals surface area contributed by atoms with E-state index in [1.54, 1.807) is 0 Å². The third-order valence-electron chi connectivity index (χ3n) is 1.95. The van der Waals surface area contributed by atoms with Crippen molar-refractivity contribution in [1.82, 2.24) is 0 Å². The molecule has 0 aliphatic rings. The van der Waals surface area contributed by atoms with Crippen molar-refractivity contribution in [3.05, 3.63) is 28.8 Å². The van der Waals surface area contributed by atoms with Gasteiger partial charge in [0.1, 0.15) is 5.56 Å². The van der Waals surface area contributed by atoms with Crippen LogP contribution in [0.15, 0.2) is 4.90 Å². The van der Waals surface area contributed by atoms with Gasteiger partial charge in [-0.15, -0.1) is 0 Å². The van der Waals surface area contributed by atoms with E-state index >= 15 is 0 Å². The lowest BCUT2D eigenvalue weighted by atomic mass is 10.1. The van der Waals surface area contributed by atoms with Crippen LogP contribution in [0, 0.1) is 23.3 Å². The second kappa shape index (κ2) is 6.17. The highest BCUT2D eigenvalue weighted by molar-refractivity contribution is 8.22. The van der Waals surface area contributed by atoms with E-state index in [-0.39, 0.29) is 18.4 Å². The Morgan fingerprint density at radius 2 is 1.50 bits per heavy atom. The molecule has 1 nitrogen and oxygen atoms in total. The Labute approximate surface area is 118 Å². The van der Waals surface area contributed by atoms with Gasteiger partial charge in [-0.1, -0.05) is 0 Å². The van der Waals surface area contributed by atoms with E-state index in [0.29, 0.717) is 0 Å². The van der Waals surface area contributed by atoms with E-state index in [1.807, 2.05) is 0 Å². The van der Waals surface area contributed by atoms with E-state index in [4.69, 9.17) is 0 Å². The molecule has 0 aliphatic carbocycles. The van der Waals surface area contributed by atoms with Crippen molar-refractivity contribution in [1.29, 1.82) is 0 Å². The fourth-order valence-electron chi connectivity index (χ4n) is 1.18. The number of hydrogen-bond donors (Lipinski definition) is 0. The van der Waals surface area contributed by atoms with Crippen LogP contribution in [0.1, 0.15) is 12.5 Å². The topological polar surface area (TPSA) is 9.23 Å². The zero-order valence-corrected chi connectivity index (χ0v) is 11.2. The zero-order valence-electron chi connectivity index (χ0n) is 9.58. The number of benzene rings is 1. The van der Waals surface area contributed by atoms with Gasteiger partial charge < -0.3 is 4.74 Å². The minimum Gasteiger partial charge on any atom is -0.479 e. The maximum atomic E-state index is 13.4. The summed E-state index contributed by atoms with van der Waals surface area (Å²) in [7, 11) is 0. The van der Waals surface area contributed by atoms with Gasteiger partial charge in [0, 0.05) is 0 Å². The fraction of sp³-hybridized carbons (Fsp3) is 0.300. The first-order valence-corrected chi connectivity index (χ1v) is 6.11. The predicted octanol–water partition coefficient (Wildman–Crippen LogP) is 4.68. The Morgan fingerprint density at radius 1 is 1.05 bits per heavy atom. The van der Waals surface area contributed by atoms with Crippen molar-refractivity contribution in [2.75, 3.05) is 6.61 Å². The minimum absolute atomic E-state index is 0.0146. The molecule has 10 heteroatoms. The van der Waals surface area contributed by atoms with E-state index in [2.05, 4.69) is 17.0 Å². The molecule has 20 heavy (non-hydrogen) atoms. The maximum Gasteiger partial charge on any atom is 0.422 e. The van der Waals surface area contributed by atoms with Crippen LogP contribution in [0.2, 0.25) is 0 Å². The Bertz CT molecular complexity index is 512. The van der Waals surface area contributed by atoms with Crippen LogP contribution < -0.4 is 0 Å². The van der Waals surface area contributed by atoms with Crippen LogP contribution >= 0.6 is 24.0 Å². The monoisotopic (exact) mass is 338 g/mol. The molecule has 0 aliphatic heterocycles. The normalized spacial score (nSPS) is 11.6. The Kier molecular flexibility index (Phi) is 5.25. The van der Waals surface area contributed by atoms with Gasteiger partial charge in [-0.05, 0) is 30.9 Å². The highest BCUT2D eigenvalue weighted by Crippen LogP contribution is 2.39. The molecule has 0 aromatic heterocycles. The molecule has 0 unspecified atom stereocenters. The largest absolute Gasteiger partial charge is 0.479 e. The van der Waals surface area contributed by atoms with Crippen molar-refractivity contribution in [2.45, 2.75) is 18.0 Å². The number of hydrogen-bond acceptors (Lipinski definition) is 3. The number of halogens is 7. The standard InChI is InChI=1S/C10H5F7OS2/c1-2-18-9(19)20-8-6(13)4(11)3(10(15,16)17)5(12)7(8)14/h2H2,1H3. The van der Waals surface area contributed by atoms with Gasteiger partial charge in [0.2, 0.25) is 4.38 Å². The quantitative estimate of drug-likeness (QED) is 0.335. The van der Waals surface area contributed by atoms with Crippen LogP contribution in [0.4, 0.5) is 30.7 Å². The molecule has 0 saturated heterocycles. The number of thioether (sulfide) groups is 1. The number of ether oxygens (including phenoxy) is 1. The smallest absolute Gasteiger partial charge is 0.422 e. The highest BCUT2D eigenvalue weighted by Gasteiger charge is 2.42. The van der Waals surface area contributed by atoms with E-state index in [9.17, 15) is 30.7 Å². The summed E-state index contributed by atoms with van der Waals surface area (Å²) in [6.07, 6.45) is -5.57. The van der Waals surface area contributed by atoms with Gasteiger partial charge in [-0.3, -0.25) is 0 Å². The van der Waals surface area contributed by atoms with Gasteiger partial charge in [0.15, 0.2) is 23.3 Å². The average molecular weight is 338 g/mol. The molecule has 0 saturated carbocycles. The van der Waals surface area contributed by atoms with Crippen molar-refractivity contribution >= 4 is 28.4 Å². The maximum absolute atomic E-state index is 13.4. The molecule has 0 bridgehead atoms. The molecule has 0 fully saturated rings. The van der Waals surface area contributed by atoms with Crippen LogP contribution in [-0.4, -0.2) is 11.0 Å². The summed E-state index contributed by atoms with van der Waals surface area (Å²) in [5.41, 5.74) is -2.63. The predicted molar refractivity (Wildman–Crippen MR) is 61.4 cm³/mol. The summed E-state index contributed by atoms with van der Waals surface area (Å²) in [6.45, 7) is 1.49. The molecular formula is C10H5F7OS2. The second-order valence-electron chi connectivity index (χ2n) is 3.24. The van der Waals surface area contributed by atoms with Gasteiger partial charge in [0.25, 0.3) is 0 Å². The van der Waals surface area contributed by atoms with E-state index < -0.39 is 44.3 Å². The molecule has 0 radical (unpaired) electrons. The SMILES string of the molecule is CCOC(=S)Sc1c(F)c(F)c(C(F)(F)F)c(F)c1F. The van der Waals surface area contributed by atoms with E-state index in [1.165, 1.54) is 6.92 Å². The van der Waals surface area contributed by atoms with Crippen molar-refractivity contribution in [3.63, 3.8) is 0 Å². The Hall–Kier alpha value is -1.03. The first kappa shape index (κ1) is 17.0. The van der Waals surface area contributed by atoms with Crippen LogP contribution in [0.3, 0.4) is 0 Å². The Morgan fingerprint density at radius 3 is 1.85 bits per heavy atom. The fourth-order valence-corrected chi connectivity index (χ4v) is 2.25. The first-order chi connectivity index (χ1) is 9.11. The summed E-state index contributed by atoms with van der Waals surface area (Å²) in [5, 5.41) is 0. The molecule has 0 atom stereocenters. The van der Waals surface area contributed by atoms with Crippen LogP contribution in [0.5, 0.6) is 0 Å². The van der Waals surface area contributed by atoms with Crippen LogP contribution in [0.25, 0.3) is 0 Å². The lowest BCUT2D eigenvalue weighted by Gasteiger charge is -2.13. The third kappa shape index (κ3) is 3.35. The summed E-state index contributed by atoms with van der Waals surface area (Å²) >= 11 is 4.47. The van der Waals surface area contributed by atoms with Crippen LogP contribution in [-0.2, 0) is 10.9 Å². The summed E-state index contributed by atoms with van der Waals surface area (Å²) in [6, 6.07) is 0. The molecule has 0 heterocycles. The lowest BCUT2D eigenvalue weighted by molar-refractivity contribution is -0.143. The first-order valence-electron chi connectivity index (χ1n) is 4.89. The van der Waals surface area contributed by atoms with Gasteiger partial charge in [-0.2, -0.15) is 13.2 Å².